The Labute approximate surface area is 208 Å². The molecule has 0 amide bonds. The summed E-state index contributed by atoms with van der Waals surface area (Å²) in [5, 5.41) is 18.7. The van der Waals surface area contributed by atoms with Gasteiger partial charge in [-0.1, -0.05) is 29.4 Å². The molecule has 0 aliphatic heterocycles. The molecule has 3 aromatic heterocycles. The zero-order chi connectivity index (χ0) is 25.6. The highest BCUT2D eigenvalue weighted by atomic mass is 19.1. The molecule has 36 heavy (non-hydrogen) atoms. The quantitative estimate of drug-likeness (QED) is 0.281. The number of nitrogen functional groups attached to an aromatic ring is 1. The number of nitrogens with zero attached hydrogens (tertiary/aromatic N) is 7. The predicted octanol–water partition coefficient (Wildman–Crippen LogP) is 3.02. The summed E-state index contributed by atoms with van der Waals surface area (Å²) in [4.78, 5) is 14.2. The third-order valence-electron chi connectivity index (χ3n) is 6.95. The van der Waals surface area contributed by atoms with Gasteiger partial charge in [-0.3, -0.25) is 9.58 Å². The molecule has 1 fully saturated rings. The molecule has 0 bridgehead atoms. The molecule has 0 spiro atoms. The van der Waals surface area contributed by atoms with Gasteiger partial charge in [-0.15, -0.1) is 0 Å². The second kappa shape index (κ2) is 9.07. The van der Waals surface area contributed by atoms with Gasteiger partial charge in [0.1, 0.15) is 6.23 Å². The first-order chi connectivity index (χ1) is 17.2. The van der Waals surface area contributed by atoms with E-state index in [9.17, 15) is 9.50 Å². The lowest BCUT2D eigenvalue weighted by molar-refractivity contribution is 0.0232. The molecule has 1 aliphatic carbocycles. The summed E-state index contributed by atoms with van der Waals surface area (Å²) < 4.78 is 21.8. The molecule has 188 valence electrons. The number of aromatic nitrogens is 6. The van der Waals surface area contributed by atoms with Crippen LogP contribution in [-0.2, 0) is 12.0 Å². The van der Waals surface area contributed by atoms with Crippen molar-refractivity contribution in [2.24, 2.45) is 5.92 Å². The van der Waals surface area contributed by atoms with Gasteiger partial charge in [0, 0.05) is 6.20 Å². The smallest absolute Gasteiger partial charge is 0.261 e. The van der Waals surface area contributed by atoms with Crippen LogP contribution in [0.1, 0.15) is 36.8 Å². The molecule has 1 saturated carbocycles. The van der Waals surface area contributed by atoms with Gasteiger partial charge >= 0.3 is 0 Å². The van der Waals surface area contributed by atoms with Gasteiger partial charge in [0.05, 0.1) is 35.0 Å². The molecule has 5 rings (SSSR count). The summed E-state index contributed by atoms with van der Waals surface area (Å²) in [5.41, 5.74) is 8.29. The Hall–Kier alpha value is -3.70. The van der Waals surface area contributed by atoms with Gasteiger partial charge in [0.15, 0.2) is 5.82 Å². The fourth-order valence-corrected chi connectivity index (χ4v) is 4.53. The van der Waals surface area contributed by atoms with Gasteiger partial charge in [0.25, 0.3) is 5.89 Å². The van der Waals surface area contributed by atoms with Crippen LogP contribution in [0.15, 0.2) is 41.2 Å². The number of aliphatic hydroxyl groups is 1. The van der Waals surface area contributed by atoms with E-state index in [1.54, 1.807) is 43.0 Å². The molecule has 11 heteroatoms. The van der Waals surface area contributed by atoms with Crippen LogP contribution in [0.4, 0.5) is 10.3 Å². The van der Waals surface area contributed by atoms with Crippen molar-refractivity contribution < 1.29 is 14.0 Å². The van der Waals surface area contributed by atoms with E-state index >= 15 is 0 Å². The molecular formula is C25H29FN8O2. The lowest BCUT2D eigenvalue weighted by atomic mass is 9.76. The first kappa shape index (κ1) is 24.0. The van der Waals surface area contributed by atoms with E-state index in [0.29, 0.717) is 46.6 Å². The average molecular weight is 493 g/mol. The highest BCUT2D eigenvalue weighted by Crippen LogP contribution is 2.50. The van der Waals surface area contributed by atoms with Gasteiger partial charge < -0.3 is 15.4 Å². The molecule has 2 unspecified atom stereocenters. The van der Waals surface area contributed by atoms with Gasteiger partial charge in [0.2, 0.25) is 11.9 Å². The lowest BCUT2D eigenvalue weighted by Crippen LogP contribution is -2.31. The van der Waals surface area contributed by atoms with Crippen LogP contribution in [-0.4, -0.2) is 60.2 Å². The minimum atomic E-state index is -0.658. The molecule has 3 N–H and O–H groups in total. The Morgan fingerprint density at radius 1 is 1.19 bits per heavy atom. The maximum Gasteiger partial charge on any atom is 0.261 e. The third-order valence-corrected chi connectivity index (χ3v) is 6.95. The number of aliphatic hydroxyl groups excluding tert-OH is 1. The van der Waals surface area contributed by atoms with Gasteiger partial charge in [-0.2, -0.15) is 19.5 Å². The summed E-state index contributed by atoms with van der Waals surface area (Å²) in [6, 6.07) is 7.67. The molecule has 2 atom stereocenters. The Balaban J connectivity index is 1.43. The van der Waals surface area contributed by atoms with Crippen molar-refractivity contribution in [1.29, 1.82) is 0 Å². The summed E-state index contributed by atoms with van der Waals surface area (Å²) >= 11 is 0. The van der Waals surface area contributed by atoms with E-state index in [1.807, 2.05) is 24.3 Å². The highest BCUT2D eigenvalue weighted by molar-refractivity contribution is 5.66. The van der Waals surface area contributed by atoms with Gasteiger partial charge in [-0.05, 0) is 57.8 Å². The minimum absolute atomic E-state index is 0.0842. The average Bonchev–Trinajstić information content (AvgIpc) is 3.39. The normalized spacial score (nSPS) is 16.3. The molecule has 4 aromatic rings. The van der Waals surface area contributed by atoms with Crippen molar-refractivity contribution in [3.8, 4) is 22.6 Å². The zero-order valence-corrected chi connectivity index (χ0v) is 20.7. The number of anilines is 1. The topological polar surface area (TPSA) is 132 Å². The molecule has 10 nitrogen and oxygen atoms in total. The van der Waals surface area contributed by atoms with E-state index in [-0.39, 0.29) is 5.95 Å². The lowest BCUT2D eigenvalue weighted by Gasteiger charge is -2.27. The molecule has 1 aliphatic rings. The van der Waals surface area contributed by atoms with E-state index < -0.39 is 17.6 Å². The van der Waals surface area contributed by atoms with Crippen molar-refractivity contribution in [3.05, 3.63) is 59.7 Å². The molecular weight excluding hydrogens is 463 g/mol. The van der Waals surface area contributed by atoms with Crippen LogP contribution in [0.2, 0.25) is 0 Å². The van der Waals surface area contributed by atoms with Crippen LogP contribution in [0.3, 0.4) is 0 Å². The maximum absolute atomic E-state index is 14.5. The molecule has 0 saturated heterocycles. The fraction of sp³-hybridized carbons (Fsp3) is 0.400. The zero-order valence-electron chi connectivity index (χ0n) is 20.7. The molecule has 3 heterocycles. The summed E-state index contributed by atoms with van der Waals surface area (Å²) in [7, 11) is 3.59. The highest BCUT2D eigenvalue weighted by Gasteiger charge is 2.47. The Morgan fingerprint density at radius 2 is 1.92 bits per heavy atom. The number of nitrogens with two attached hydrogens (primary N) is 1. The summed E-state index contributed by atoms with van der Waals surface area (Å²) in [5.74, 6) is 0.603. The number of aryl methyl sites for hydroxylation is 1. The Kier molecular flexibility index (Phi) is 6.05. The van der Waals surface area contributed by atoms with Crippen LogP contribution in [0.25, 0.3) is 22.6 Å². The maximum atomic E-state index is 14.5. The number of benzene rings is 1. The SMILES string of the molecule is Cc1nc(N)nc(F)c1-c1ccc(C(C)(c2noc(-c3cnn(CC(O)N(C)C)c3)n2)C2CC2)cc1. The number of rotatable bonds is 8. The first-order valence-electron chi connectivity index (χ1n) is 11.8. The number of likely N-dealkylation sites (N-methyl/N-ethyl adjacent to an activating group) is 1. The van der Waals surface area contributed by atoms with Crippen molar-refractivity contribution in [2.75, 3.05) is 19.8 Å². The van der Waals surface area contributed by atoms with Crippen LogP contribution in [0.5, 0.6) is 0 Å². The van der Waals surface area contributed by atoms with Crippen molar-refractivity contribution in [2.45, 2.75) is 44.9 Å². The van der Waals surface area contributed by atoms with E-state index in [2.05, 4.69) is 27.1 Å². The number of halogens is 1. The number of hydrogen-bond donors (Lipinski definition) is 2. The first-order valence-corrected chi connectivity index (χ1v) is 11.8. The summed E-state index contributed by atoms with van der Waals surface area (Å²) in [6.07, 6.45) is 4.88. The van der Waals surface area contributed by atoms with Crippen LogP contribution in [0, 0.1) is 18.8 Å². The molecule has 1 aromatic carbocycles. The second-order valence-corrected chi connectivity index (χ2v) is 9.71. The standard InChI is InChI=1S/C25H29FN8O2/c1-14-20(21(26)30-24(27)29-14)15-5-7-17(8-6-15)25(2,18-9-10-18)23-31-22(36-32-23)16-11-28-34(12-16)13-19(35)33(3)4/h5-8,11-12,18-19,35H,9-10,13H2,1-4H3,(H2,27,29,30). The van der Waals surface area contributed by atoms with Crippen molar-refractivity contribution >= 4 is 5.95 Å². The van der Waals surface area contributed by atoms with Gasteiger partial charge in [-0.25, -0.2) is 4.98 Å². The number of hydrogen-bond acceptors (Lipinski definition) is 9. The molecule has 0 radical (unpaired) electrons. The van der Waals surface area contributed by atoms with E-state index in [4.69, 9.17) is 15.2 Å². The van der Waals surface area contributed by atoms with Crippen LogP contribution < -0.4 is 5.73 Å². The Morgan fingerprint density at radius 3 is 2.56 bits per heavy atom. The minimum Gasteiger partial charge on any atom is -0.376 e. The van der Waals surface area contributed by atoms with Crippen molar-refractivity contribution in [3.63, 3.8) is 0 Å². The van der Waals surface area contributed by atoms with E-state index in [0.717, 1.165) is 18.4 Å². The third kappa shape index (κ3) is 4.35. The van der Waals surface area contributed by atoms with Crippen LogP contribution >= 0.6 is 0 Å². The van der Waals surface area contributed by atoms with E-state index in [1.165, 1.54) is 0 Å². The Bertz CT molecular complexity index is 1360. The summed E-state index contributed by atoms with van der Waals surface area (Å²) in [6.45, 7) is 4.14. The fourth-order valence-electron chi connectivity index (χ4n) is 4.53. The monoisotopic (exact) mass is 492 g/mol. The largest absolute Gasteiger partial charge is 0.376 e. The predicted molar refractivity (Wildman–Crippen MR) is 131 cm³/mol. The second-order valence-electron chi connectivity index (χ2n) is 9.71. The van der Waals surface area contributed by atoms with Crippen molar-refractivity contribution in [1.82, 2.24) is 34.8 Å².